The van der Waals surface area contributed by atoms with E-state index in [1.54, 1.807) is 20.1 Å². The summed E-state index contributed by atoms with van der Waals surface area (Å²) in [5.74, 6) is -0.0549. The first-order valence-corrected chi connectivity index (χ1v) is 6.17. The van der Waals surface area contributed by atoms with Gasteiger partial charge in [-0.25, -0.2) is 0 Å². The van der Waals surface area contributed by atoms with Crippen LogP contribution in [0, 0.1) is 0 Å². The van der Waals surface area contributed by atoms with Crippen LogP contribution >= 0.6 is 0 Å². The minimum Gasteiger partial charge on any atom is -0.383 e. The predicted molar refractivity (Wildman–Crippen MR) is 73.4 cm³/mol. The molecule has 0 aliphatic carbocycles. The lowest BCUT2D eigenvalue weighted by molar-refractivity contribution is -0.121. The molecule has 1 aromatic heterocycles. The van der Waals surface area contributed by atoms with Gasteiger partial charge in [0.05, 0.1) is 6.61 Å². The van der Waals surface area contributed by atoms with E-state index in [-0.39, 0.29) is 17.5 Å². The quantitative estimate of drug-likeness (QED) is 0.576. The van der Waals surface area contributed by atoms with Crippen LogP contribution in [0.15, 0.2) is 12.1 Å². The maximum Gasteiger partial charge on any atom is 0.271 e. The molecule has 20 heavy (non-hydrogen) atoms. The number of ether oxygens (including phenoxy) is 1. The smallest absolute Gasteiger partial charge is 0.271 e. The van der Waals surface area contributed by atoms with Gasteiger partial charge in [-0.15, -0.1) is 10.2 Å². The molecule has 1 rings (SSSR count). The Morgan fingerprint density at radius 3 is 2.65 bits per heavy atom. The summed E-state index contributed by atoms with van der Waals surface area (Å²) in [6, 6.07) is 2.66. The number of carbonyl (C=O) groups is 2. The molecular formula is C12H19N5O3. The second-order valence-corrected chi connectivity index (χ2v) is 4.03. The van der Waals surface area contributed by atoms with Crippen LogP contribution < -0.4 is 16.0 Å². The Kier molecular flexibility index (Phi) is 6.38. The molecule has 8 heteroatoms. The van der Waals surface area contributed by atoms with Gasteiger partial charge < -0.3 is 20.7 Å². The van der Waals surface area contributed by atoms with Crippen molar-refractivity contribution in [1.82, 2.24) is 20.8 Å². The van der Waals surface area contributed by atoms with Crippen molar-refractivity contribution >= 4 is 17.6 Å². The molecule has 0 bridgehead atoms. The van der Waals surface area contributed by atoms with Gasteiger partial charge in [0.2, 0.25) is 5.91 Å². The molecule has 0 aromatic carbocycles. The fraction of sp³-hybridized carbons (Fsp3) is 0.500. The van der Waals surface area contributed by atoms with Crippen LogP contribution in [0.1, 0.15) is 17.4 Å². The Bertz CT molecular complexity index is 449. The summed E-state index contributed by atoms with van der Waals surface area (Å²) in [4.78, 5) is 23.0. The van der Waals surface area contributed by atoms with E-state index in [9.17, 15) is 9.59 Å². The van der Waals surface area contributed by atoms with E-state index < -0.39 is 6.04 Å². The highest BCUT2D eigenvalue weighted by Crippen LogP contribution is 2.04. The van der Waals surface area contributed by atoms with Crippen LogP contribution in [0.3, 0.4) is 0 Å². The van der Waals surface area contributed by atoms with Gasteiger partial charge in [-0.2, -0.15) is 0 Å². The van der Waals surface area contributed by atoms with Gasteiger partial charge in [-0.3, -0.25) is 9.59 Å². The van der Waals surface area contributed by atoms with E-state index in [4.69, 9.17) is 4.74 Å². The van der Waals surface area contributed by atoms with Crippen molar-refractivity contribution in [2.45, 2.75) is 13.0 Å². The second-order valence-electron chi connectivity index (χ2n) is 4.03. The zero-order valence-corrected chi connectivity index (χ0v) is 11.8. The first-order valence-electron chi connectivity index (χ1n) is 6.17. The summed E-state index contributed by atoms with van der Waals surface area (Å²) in [7, 11) is 3.08. The Balaban J connectivity index is 2.51. The normalized spacial score (nSPS) is 11.6. The molecule has 0 fully saturated rings. The third-order valence-electron chi connectivity index (χ3n) is 2.49. The van der Waals surface area contributed by atoms with Crippen molar-refractivity contribution in [3.8, 4) is 0 Å². The first-order chi connectivity index (χ1) is 9.58. The maximum absolute atomic E-state index is 11.7. The fourth-order valence-corrected chi connectivity index (χ4v) is 1.38. The Labute approximate surface area is 117 Å². The highest BCUT2D eigenvalue weighted by molar-refractivity contribution is 5.92. The number of amides is 2. The Morgan fingerprint density at radius 2 is 2.10 bits per heavy atom. The van der Waals surface area contributed by atoms with Gasteiger partial charge in [0.1, 0.15) is 11.9 Å². The predicted octanol–water partition coefficient (Wildman–Crippen LogP) is -0.601. The molecule has 110 valence electrons. The van der Waals surface area contributed by atoms with Crippen molar-refractivity contribution in [2.75, 3.05) is 32.6 Å². The maximum atomic E-state index is 11.7. The largest absolute Gasteiger partial charge is 0.383 e. The molecule has 0 aliphatic rings. The molecule has 1 atom stereocenters. The van der Waals surface area contributed by atoms with Gasteiger partial charge >= 0.3 is 0 Å². The molecule has 1 aromatic rings. The number of rotatable bonds is 7. The molecule has 3 N–H and O–H groups in total. The van der Waals surface area contributed by atoms with Crippen LogP contribution in [0.25, 0.3) is 0 Å². The minimum atomic E-state index is -0.466. The number of anilines is 1. The van der Waals surface area contributed by atoms with Crippen LogP contribution in [0.2, 0.25) is 0 Å². The molecule has 8 nitrogen and oxygen atoms in total. The molecule has 2 amide bonds. The topological polar surface area (TPSA) is 105 Å². The molecule has 0 saturated carbocycles. The Hall–Kier alpha value is -2.22. The van der Waals surface area contributed by atoms with E-state index >= 15 is 0 Å². The van der Waals surface area contributed by atoms with Crippen LogP contribution in [0.5, 0.6) is 0 Å². The average molecular weight is 281 g/mol. The summed E-state index contributed by atoms with van der Waals surface area (Å²) < 4.78 is 4.84. The van der Waals surface area contributed by atoms with E-state index in [1.165, 1.54) is 13.1 Å². The highest BCUT2D eigenvalue weighted by atomic mass is 16.5. The standard InChI is InChI=1S/C12H19N5O3/c1-8(11(18)14-6-7-20-3)15-10-5-4-9(16-17-10)12(19)13-2/h4-5,8H,6-7H2,1-3H3,(H,13,19)(H,14,18)(H,15,17). The number of hydrogen-bond donors (Lipinski definition) is 3. The lowest BCUT2D eigenvalue weighted by Crippen LogP contribution is -2.39. The molecule has 0 radical (unpaired) electrons. The van der Waals surface area contributed by atoms with Crippen LogP contribution in [0.4, 0.5) is 5.82 Å². The number of methoxy groups -OCH3 is 1. The number of aromatic nitrogens is 2. The van der Waals surface area contributed by atoms with Crippen molar-refractivity contribution in [3.05, 3.63) is 17.8 Å². The number of nitrogens with zero attached hydrogens (tertiary/aromatic N) is 2. The van der Waals surface area contributed by atoms with Crippen molar-refractivity contribution in [2.24, 2.45) is 0 Å². The summed E-state index contributed by atoms with van der Waals surface area (Å²) >= 11 is 0. The number of nitrogens with one attached hydrogen (secondary N) is 3. The van der Waals surface area contributed by atoms with Gasteiger partial charge in [-0.1, -0.05) is 0 Å². The molecule has 0 spiro atoms. The van der Waals surface area contributed by atoms with Crippen molar-refractivity contribution in [1.29, 1.82) is 0 Å². The molecule has 0 saturated heterocycles. The zero-order valence-electron chi connectivity index (χ0n) is 11.8. The fourth-order valence-electron chi connectivity index (χ4n) is 1.38. The molecule has 1 heterocycles. The SMILES string of the molecule is CNC(=O)c1ccc(NC(C)C(=O)NCCOC)nn1. The lowest BCUT2D eigenvalue weighted by Gasteiger charge is -2.14. The van der Waals surface area contributed by atoms with Gasteiger partial charge in [0.25, 0.3) is 5.91 Å². The Morgan fingerprint density at radius 1 is 1.35 bits per heavy atom. The molecular weight excluding hydrogens is 262 g/mol. The van der Waals surface area contributed by atoms with E-state index in [2.05, 4.69) is 26.1 Å². The van der Waals surface area contributed by atoms with Gasteiger partial charge in [0, 0.05) is 20.7 Å². The summed E-state index contributed by atoms with van der Waals surface area (Å²) in [6.45, 7) is 2.61. The lowest BCUT2D eigenvalue weighted by atomic mass is 10.3. The van der Waals surface area contributed by atoms with Gasteiger partial charge in [-0.05, 0) is 19.1 Å². The van der Waals surface area contributed by atoms with E-state index in [1.807, 2.05) is 0 Å². The molecule has 1 unspecified atom stereocenters. The van der Waals surface area contributed by atoms with E-state index in [0.717, 1.165) is 0 Å². The van der Waals surface area contributed by atoms with Crippen molar-refractivity contribution < 1.29 is 14.3 Å². The van der Waals surface area contributed by atoms with Gasteiger partial charge in [0.15, 0.2) is 5.69 Å². The third kappa shape index (κ3) is 4.81. The van der Waals surface area contributed by atoms with Crippen molar-refractivity contribution in [3.63, 3.8) is 0 Å². The van der Waals surface area contributed by atoms with Crippen LogP contribution in [-0.4, -0.2) is 55.4 Å². The average Bonchev–Trinajstić information content (AvgIpc) is 2.47. The van der Waals surface area contributed by atoms with E-state index in [0.29, 0.717) is 19.0 Å². The number of carbonyl (C=O) groups excluding carboxylic acids is 2. The zero-order chi connectivity index (χ0) is 15.0. The summed E-state index contributed by atoms with van der Waals surface area (Å²) in [6.07, 6.45) is 0. The highest BCUT2D eigenvalue weighted by Gasteiger charge is 2.13. The summed E-state index contributed by atoms with van der Waals surface area (Å²) in [5.41, 5.74) is 0.218. The monoisotopic (exact) mass is 281 g/mol. The minimum absolute atomic E-state index is 0.167. The molecule has 0 aliphatic heterocycles. The first kappa shape index (κ1) is 15.8. The third-order valence-corrected chi connectivity index (χ3v) is 2.49. The number of hydrogen-bond acceptors (Lipinski definition) is 6. The summed E-state index contributed by atoms with van der Waals surface area (Å²) in [5, 5.41) is 15.6. The second kappa shape index (κ2) is 8.05. The van der Waals surface area contributed by atoms with Crippen LogP contribution in [-0.2, 0) is 9.53 Å².